The van der Waals surface area contributed by atoms with Crippen LogP contribution in [0.25, 0.3) is 10.9 Å². The molecule has 2 aliphatic heterocycles. The van der Waals surface area contributed by atoms with E-state index in [4.69, 9.17) is 16.6 Å². The second-order valence-corrected chi connectivity index (χ2v) is 9.28. The van der Waals surface area contributed by atoms with Crippen LogP contribution in [0.2, 0.25) is 5.02 Å². The second-order valence-electron chi connectivity index (χ2n) is 6.83. The van der Waals surface area contributed by atoms with Crippen molar-refractivity contribution in [3.8, 4) is 0 Å². The zero-order valence-corrected chi connectivity index (χ0v) is 18.7. The summed E-state index contributed by atoms with van der Waals surface area (Å²) in [6, 6.07) is 15.6. The van der Waals surface area contributed by atoms with Gasteiger partial charge >= 0.3 is 0 Å². The molecule has 0 N–H and O–H groups in total. The molecule has 1 saturated heterocycles. The number of thioether (sulfide) groups is 2. The van der Waals surface area contributed by atoms with Crippen molar-refractivity contribution < 1.29 is 4.79 Å². The van der Waals surface area contributed by atoms with Crippen LogP contribution in [0.1, 0.15) is 6.92 Å². The fourth-order valence-corrected chi connectivity index (χ4v) is 6.01. The van der Waals surface area contributed by atoms with Crippen molar-refractivity contribution in [2.45, 2.75) is 11.8 Å². The Morgan fingerprint density at radius 1 is 1.13 bits per heavy atom. The van der Waals surface area contributed by atoms with Crippen LogP contribution >= 0.6 is 35.1 Å². The van der Waals surface area contributed by atoms with Crippen LogP contribution in [0.15, 0.2) is 74.5 Å². The van der Waals surface area contributed by atoms with Crippen molar-refractivity contribution >= 4 is 68.5 Å². The summed E-state index contributed by atoms with van der Waals surface area (Å²) in [6.07, 6.45) is 1.78. The summed E-state index contributed by atoms with van der Waals surface area (Å²) < 4.78 is 0. The van der Waals surface area contributed by atoms with Gasteiger partial charge in [-0.2, -0.15) is 0 Å². The van der Waals surface area contributed by atoms with Gasteiger partial charge in [-0.05, 0) is 61.2 Å². The summed E-state index contributed by atoms with van der Waals surface area (Å²) in [6.45, 7) is 2.52. The van der Waals surface area contributed by atoms with Gasteiger partial charge in [0.25, 0.3) is 5.91 Å². The lowest BCUT2D eigenvalue weighted by Crippen LogP contribution is -2.29. The minimum absolute atomic E-state index is 0.0167. The van der Waals surface area contributed by atoms with Gasteiger partial charge < -0.3 is 4.90 Å². The lowest BCUT2D eigenvalue weighted by Gasteiger charge is -2.15. The number of halogens is 1. The quantitative estimate of drug-likeness (QED) is 0.454. The fourth-order valence-electron chi connectivity index (χ4n) is 3.46. The summed E-state index contributed by atoms with van der Waals surface area (Å²) in [5.74, 6) is -0.0167. The Hall–Kier alpha value is -2.48. The van der Waals surface area contributed by atoms with Crippen LogP contribution in [0.5, 0.6) is 0 Å². The Labute approximate surface area is 187 Å². The van der Waals surface area contributed by atoms with Gasteiger partial charge in [0.05, 0.1) is 21.9 Å². The molecule has 3 aromatic rings. The zero-order valence-electron chi connectivity index (χ0n) is 16.3. The maximum atomic E-state index is 13.2. The number of rotatable bonds is 2. The number of likely N-dealkylation sites (N-methyl/N-ethyl adjacent to an activating group) is 1. The standard InChI is InChI=1S/C22H17ClN4OS2/c1-3-27-20(28)19(21-26(2)17-12-14(23)6-9-18(17)29-21)30-22(27)25-15-7-8-16-13(11-15)5-4-10-24-16/h4-12H,3H2,1-2H3/b21-19-,25-22?. The van der Waals surface area contributed by atoms with Crippen molar-refractivity contribution in [2.24, 2.45) is 4.99 Å². The third kappa shape index (κ3) is 3.27. The SMILES string of the molecule is CCN1C(=O)/C(=C2/Sc3ccc(Cl)cc3N2C)SC1=Nc1ccc2ncccc2c1. The molecule has 0 bridgehead atoms. The molecule has 5 nitrogen and oxygen atoms in total. The van der Waals surface area contributed by atoms with Crippen molar-refractivity contribution in [3.05, 3.63) is 69.7 Å². The number of anilines is 1. The lowest BCUT2D eigenvalue weighted by molar-refractivity contribution is -0.122. The molecule has 0 saturated carbocycles. The van der Waals surface area contributed by atoms with E-state index in [1.807, 2.05) is 67.4 Å². The van der Waals surface area contributed by atoms with Gasteiger partial charge in [0, 0.05) is 35.1 Å². The molecule has 0 spiro atoms. The van der Waals surface area contributed by atoms with Crippen LogP contribution < -0.4 is 4.90 Å². The number of fused-ring (bicyclic) bond motifs is 2. The van der Waals surface area contributed by atoms with E-state index in [-0.39, 0.29) is 5.91 Å². The number of hydrogen-bond acceptors (Lipinski definition) is 6. The molecule has 8 heteroatoms. The predicted molar refractivity (Wildman–Crippen MR) is 127 cm³/mol. The molecule has 30 heavy (non-hydrogen) atoms. The molecular weight excluding hydrogens is 436 g/mol. The van der Waals surface area contributed by atoms with Gasteiger partial charge in [0.2, 0.25) is 0 Å². The van der Waals surface area contributed by atoms with Crippen molar-refractivity contribution in [1.82, 2.24) is 9.88 Å². The average Bonchev–Trinajstić information content (AvgIpc) is 3.24. The van der Waals surface area contributed by atoms with Gasteiger partial charge in [-0.25, -0.2) is 4.99 Å². The van der Waals surface area contributed by atoms with E-state index < -0.39 is 0 Å². The van der Waals surface area contributed by atoms with E-state index in [2.05, 4.69) is 4.98 Å². The first-order valence-electron chi connectivity index (χ1n) is 9.44. The molecule has 0 unspecified atom stereocenters. The Balaban J connectivity index is 1.53. The Kier molecular flexibility index (Phi) is 4.97. The van der Waals surface area contributed by atoms with Crippen LogP contribution in [0.3, 0.4) is 0 Å². The van der Waals surface area contributed by atoms with Crippen LogP contribution in [-0.2, 0) is 4.79 Å². The number of amidine groups is 1. The van der Waals surface area contributed by atoms with Crippen molar-refractivity contribution in [1.29, 1.82) is 0 Å². The monoisotopic (exact) mass is 452 g/mol. The summed E-state index contributed by atoms with van der Waals surface area (Å²) in [5, 5.41) is 3.31. The molecule has 5 rings (SSSR count). The van der Waals surface area contributed by atoms with Gasteiger partial charge in [-0.1, -0.05) is 29.4 Å². The molecule has 0 radical (unpaired) electrons. The predicted octanol–water partition coefficient (Wildman–Crippen LogP) is 5.88. The smallest absolute Gasteiger partial charge is 0.269 e. The van der Waals surface area contributed by atoms with E-state index in [9.17, 15) is 4.79 Å². The highest BCUT2D eigenvalue weighted by atomic mass is 35.5. The number of nitrogens with zero attached hydrogens (tertiary/aromatic N) is 4. The lowest BCUT2D eigenvalue weighted by atomic mass is 10.2. The maximum absolute atomic E-state index is 13.2. The highest BCUT2D eigenvalue weighted by Gasteiger charge is 2.38. The van der Waals surface area contributed by atoms with Crippen molar-refractivity contribution in [2.75, 3.05) is 18.5 Å². The number of aromatic nitrogens is 1. The molecule has 150 valence electrons. The molecule has 3 heterocycles. The molecule has 1 aromatic heterocycles. The molecule has 2 aromatic carbocycles. The van der Waals surface area contributed by atoms with Gasteiger partial charge in [0.1, 0.15) is 4.91 Å². The van der Waals surface area contributed by atoms with Crippen LogP contribution in [-0.4, -0.2) is 34.6 Å². The number of benzene rings is 2. The number of amides is 1. The highest BCUT2D eigenvalue weighted by molar-refractivity contribution is 8.19. The van der Waals surface area contributed by atoms with Crippen molar-refractivity contribution in [3.63, 3.8) is 0 Å². The first-order valence-corrected chi connectivity index (χ1v) is 11.4. The third-order valence-corrected chi connectivity index (χ3v) is 7.65. The van der Waals surface area contributed by atoms with E-state index in [1.54, 1.807) is 22.9 Å². The maximum Gasteiger partial charge on any atom is 0.269 e. The Bertz CT molecular complexity index is 1260. The number of pyridine rings is 1. The molecule has 2 aliphatic rings. The normalized spacial score (nSPS) is 20.0. The molecule has 0 atom stereocenters. The molecule has 1 fully saturated rings. The number of aliphatic imine (C=N–C) groups is 1. The summed E-state index contributed by atoms with van der Waals surface area (Å²) in [4.78, 5) is 27.9. The van der Waals surface area contributed by atoms with Crippen LogP contribution in [0.4, 0.5) is 11.4 Å². The van der Waals surface area contributed by atoms with E-state index in [1.165, 1.54) is 11.8 Å². The summed E-state index contributed by atoms with van der Waals surface area (Å²) >= 11 is 9.18. The summed E-state index contributed by atoms with van der Waals surface area (Å²) in [5.41, 5.74) is 2.74. The topological polar surface area (TPSA) is 48.8 Å². The second kappa shape index (κ2) is 7.65. The first kappa shape index (κ1) is 19.5. The highest BCUT2D eigenvalue weighted by Crippen LogP contribution is 2.50. The Morgan fingerprint density at radius 2 is 2.00 bits per heavy atom. The van der Waals surface area contributed by atoms with Crippen LogP contribution in [0, 0.1) is 0 Å². The minimum Gasteiger partial charge on any atom is -0.337 e. The molecule has 1 amide bonds. The van der Waals surface area contributed by atoms with Gasteiger partial charge in [-0.15, -0.1) is 0 Å². The largest absolute Gasteiger partial charge is 0.337 e. The van der Waals surface area contributed by atoms with E-state index in [0.29, 0.717) is 21.6 Å². The zero-order chi connectivity index (χ0) is 20.8. The van der Waals surface area contributed by atoms with E-state index in [0.717, 1.165) is 32.2 Å². The number of carbonyl (C=O) groups excluding carboxylic acids is 1. The molecule has 0 aliphatic carbocycles. The number of hydrogen-bond donors (Lipinski definition) is 0. The average molecular weight is 453 g/mol. The minimum atomic E-state index is -0.0167. The Morgan fingerprint density at radius 3 is 2.83 bits per heavy atom. The van der Waals surface area contributed by atoms with E-state index >= 15 is 0 Å². The number of carbonyl (C=O) groups is 1. The third-order valence-electron chi connectivity index (χ3n) is 4.98. The first-order chi connectivity index (χ1) is 14.5. The van der Waals surface area contributed by atoms with Gasteiger partial charge in [-0.3, -0.25) is 14.7 Å². The fraction of sp³-hybridized carbons (Fsp3) is 0.136. The van der Waals surface area contributed by atoms with Gasteiger partial charge in [0.15, 0.2) is 5.17 Å². The molecular formula is C22H17ClN4OS2. The summed E-state index contributed by atoms with van der Waals surface area (Å²) in [7, 11) is 1.97.